The number of aromatic nitrogens is 2. The van der Waals surface area contributed by atoms with Gasteiger partial charge in [0, 0.05) is 11.9 Å². The van der Waals surface area contributed by atoms with E-state index in [2.05, 4.69) is 26.6 Å². The standard InChI is InChI=1S/C15H13BrN2O/c16-14-12-6-3-4-8-18(12)15(17-14)11-9-19-13-7-2-1-5-10(11)13/h1-2,5,7,9H,3-4,6,8H2. The van der Waals surface area contributed by atoms with E-state index in [1.165, 1.54) is 18.5 Å². The third-order valence-electron chi connectivity index (χ3n) is 3.79. The van der Waals surface area contributed by atoms with Crippen molar-refractivity contribution in [3.63, 3.8) is 0 Å². The van der Waals surface area contributed by atoms with E-state index in [4.69, 9.17) is 9.40 Å². The molecule has 2 aromatic heterocycles. The number of furan rings is 1. The van der Waals surface area contributed by atoms with Crippen LogP contribution in [0, 0.1) is 0 Å². The molecule has 0 saturated carbocycles. The number of imidazole rings is 1. The number of fused-ring (bicyclic) bond motifs is 2. The third kappa shape index (κ3) is 1.66. The summed E-state index contributed by atoms with van der Waals surface area (Å²) in [6.45, 7) is 1.04. The highest BCUT2D eigenvalue weighted by atomic mass is 79.9. The molecule has 1 aliphatic rings. The van der Waals surface area contributed by atoms with Crippen LogP contribution in [0.5, 0.6) is 0 Å². The average Bonchev–Trinajstić information content (AvgIpc) is 3.01. The highest BCUT2D eigenvalue weighted by Gasteiger charge is 2.21. The van der Waals surface area contributed by atoms with Gasteiger partial charge in [0.25, 0.3) is 0 Å². The van der Waals surface area contributed by atoms with Crippen molar-refractivity contribution in [2.45, 2.75) is 25.8 Å². The van der Waals surface area contributed by atoms with Crippen LogP contribution in [0.3, 0.4) is 0 Å². The molecule has 0 spiro atoms. The van der Waals surface area contributed by atoms with Gasteiger partial charge >= 0.3 is 0 Å². The lowest BCUT2D eigenvalue weighted by atomic mass is 10.1. The van der Waals surface area contributed by atoms with Crippen molar-refractivity contribution in [3.8, 4) is 11.4 Å². The minimum atomic E-state index is 0.918. The molecule has 3 nitrogen and oxygen atoms in total. The summed E-state index contributed by atoms with van der Waals surface area (Å²) in [5.74, 6) is 1.02. The lowest BCUT2D eigenvalue weighted by Crippen LogP contribution is -2.10. The highest BCUT2D eigenvalue weighted by Crippen LogP contribution is 2.34. The molecule has 0 fully saturated rings. The zero-order valence-corrected chi connectivity index (χ0v) is 12.0. The Balaban J connectivity index is 1.97. The Labute approximate surface area is 119 Å². The maximum absolute atomic E-state index is 5.64. The average molecular weight is 317 g/mol. The van der Waals surface area contributed by atoms with Gasteiger partial charge < -0.3 is 8.98 Å². The predicted molar refractivity (Wildman–Crippen MR) is 78.1 cm³/mol. The first-order chi connectivity index (χ1) is 9.34. The van der Waals surface area contributed by atoms with Gasteiger partial charge in [0.05, 0.1) is 11.3 Å². The normalized spacial score (nSPS) is 14.8. The molecular weight excluding hydrogens is 304 g/mol. The molecule has 0 radical (unpaired) electrons. The maximum Gasteiger partial charge on any atom is 0.145 e. The van der Waals surface area contributed by atoms with Crippen LogP contribution >= 0.6 is 15.9 Å². The third-order valence-corrected chi connectivity index (χ3v) is 4.43. The van der Waals surface area contributed by atoms with Gasteiger partial charge in [0.15, 0.2) is 0 Å². The van der Waals surface area contributed by atoms with Crippen molar-refractivity contribution in [1.29, 1.82) is 0 Å². The van der Waals surface area contributed by atoms with Crippen molar-refractivity contribution in [2.24, 2.45) is 0 Å². The number of hydrogen-bond acceptors (Lipinski definition) is 2. The van der Waals surface area contributed by atoms with Crippen molar-refractivity contribution in [1.82, 2.24) is 9.55 Å². The lowest BCUT2D eigenvalue weighted by molar-refractivity contribution is 0.534. The summed E-state index contributed by atoms with van der Waals surface area (Å²) in [7, 11) is 0. The van der Waals surface area contributed by atoms with Crippen molar-refractivity contribution in [3.05, 3.63) is 40.8 Å². The van der Waals surface area contributed by atoms with Gasteiger partial charge in [-0.25, -0.2) is 4.98 Å². The van der Waals surface area contributed by atoms with Crippen LogP contribution in [0.4, 0.5) is 0 Å². The zero-order valence-electron chi connectivity index (χ0n) is 10.4. The Bertz CT molecular complexity index is 757. The van der Waals surface area contributed by atoms with E-state index >= 15 is 0 Å². The highest BCUT2D eigenvalue weighted by molar-refractivity contribution is 9.10. The summed E-state index contributed by atoms with van der Waals surface area (Å²) >= 11 is 3.59. The number of para-hydroxylation sites is 1. The summed E-state index contributed by atoms with van der Waals surface area (Å²) in [6, 6.07) is 8.11. The van der Waals surface area contributed by atoms with E-state index in [0.717, 1.165) is 39.9 Å². The van der Waals surface area contributed by atoms with Crippen molar-refractivity contribution in [2.75, 3.05) is 0 Å². The zero-order chi connectivity index (χ0) is 12.8. The molecule has 4 rings (SSSR count). The minimum Gasteiger partial charge on any atom is -0.464 e. The Kier molecular flexibility index (Phi) is 2.52. The Morgan fingerprint density at radius 1 is 1.21 bits per heavy atom. The molecule has 1 aliphatic heterocycles. The van der Waals surface area contributed by atoms with Gasteiger partial charge in [-0.2, -0.15) is 0 Å². The van der Waals surface area contributed by atoms with Gasteiger partial charge in [-0.05, 0) is 41.3 Å². The molecule has 0 unspecified atom stereocenters. The van der Waals surface area contributed by atoms with Gasteiger partial charge in [0.1, 0.15) is 22.3 Å². The van der Waals surface area contributed by atoms with Crippen LogP contribution in [0.15, 0.2) is 39.5 Å². The molecule has 0 aliphatic carbocycles. The molecule has 3 heterocycles. The SMILES string of the molecule is Brc1nc(-c2coc3ccccc23)n2c1CCCC2. The molecule has 0 amide bonds. The molecule has 19 heavy (non-hydrogen) atoms. The van der Waals surface area contributed by atoms with E-state index in [1.54, 1.807) is 0 Å². The van der Waals surface area contributed by atoms with E-state index in [1.807, 2.05) is 24.5 Å². The van der Waals surface area contributed by atoms with E-state index in [-0.39, 0.29) is 0 Å². The summed E-state index contributed by atoms with van der Waals surface area (Å²) < 4.78 is 8.94. The topological polar surface area (TPSA) is 31.0 Å². The number of halogens is 1. The minimum absolute atomic E-state index is 0.918. The fourth-order valence-electron chi connectivity index (χ4n) is 2.85. The van der Waals surface area contributed by atoms with Crippen LogP contribution in [-0.4, -0.2) is 9.55 Å². The molecule has 1 aromatic carbocycles. The first-order valence-electron chi connectivity index (χ1n) is 6.56. The predicted octanol–water partition coefficient (Wildman–Crippen LogP) is 4.40. The number of nitrogens with zero attached hydrogens (tertiary/aromatic N) is 2. The Morgan fingerprint density at radius 2 is 2.11 bits per heavy atom. The summed E-state index contributed by atoms with van der Waals surface area (Å²) in [6.07, 6.45) is 5.39. The second kappa shape index (κ2) is 4.23. The van der Waals surface area contributed by atoms with Gasteiger partial charge in [0.2, 0.25) is 0 Å². The molecular formula is C15H13BrN2O. The smallest absolute Gasteiger partial charge is 0.145 e. The van der Waals surface area contributed by atoms with E-state index in [9.17, 15) is 0 Å². The molecule has 96 valence electrons. The quantitative estimate of drug-likeness (QED) is 0.666. The van der Waals surface area contributed by atoms with Crippen molar-refractivity contribution >= 4 is 26.9 Å². The number of rotatable bonds is 1. The van der Waals surface area contributed by atoms with E-state index in [0.29, 0.717) is 0 Å². The second-order valence-electron chi connectivity index (χ2n) is 4.93. The number of benzene rings is 1. The largest absolute Gasteiger partial charge is 0.464 e. The first kappa shape index (κ1) is 11.3. The molecule has 0 N–H and O–H groups in total. The Morgan fingerprint density at radius 3 is 3.05 bits per heavy atom. The fraction of sp³-hybridized carbons (Fsp3) is 0.267. The fourth-order valence-corrected chi connectivity index (χ4v) is 3.44. The molecule has 0 bridgehead atoms. The lowest BCUT2D eigenvalue weighted by Gasteiger charge is -2.16. The van der Waals surface area contributed by atoms with Gasteiger partial charge in [-0.3, -0.25) is 0 Å². The maximum atomic E-state index is 5.64. The molecule has 4 heteroatoms. The first-order valence-corrected chi connectivity index (χ1v) is 7.35. The number of hydrogen-bond donors (Lipinski definition) is 0. The monoisotopic (exact) mass is 316 g/mol. The summed E-state index contributed by atoms with van der Waals surface area (Å²) in [4.78, 5) is 4.70. The van der Waals surface area contributed by atoms with E-state index < -0.39 is 0 Å². The van der Waals surface area contributed by atoms with Crippen molar-refractivity contribution < 1.29 is 4.42 Å². The van der Waals surface area contributed by atoms with Crippen LogP contribution in [0.1, 0.15) is 18.5 Å². The molecule has 3 aromatic rings. The second-order valence-corrected chi connectivity index (χ2v) is 5.68. The van der Waals surface area contributed by atoms with Crippen LogP contribution < -0.4 is 0 Å². The summed E-state index contributed by atoms with van der Waals surface area (Å²) in [5, 5.41) is 1.13. The van der Waals surface area contributed by atoms with Crippen LogP contribution in [0.25, 0.3) is 22.4 Å². The summed E-state index contributed by atoms with van der Waals surface area (Å²) in [5.41, 5.74) is 3.32. The molecule has 0 saturated heterocycles. The van der Waals surface area contributed by atoms with Gasteiger partial charge in [-0.15, -0.1) is 0 Å². The van der Waals surface area contributed by atoms with Crippen LogP contribution in [0.2, 0.25) is 0 Å². The Hall–Kier alpha value is -1.55. The molecule has 0 atom stereocenters. The van der Waals surface area contributed by atoms with Gasteiger partial charge in [-0.1, -0.05) is 18.2 Å². The van der Waals surface area contributed by atoms with Crippen LogP contribution in [-0.2, 0) is 13.0 Å².